The van der Waals surface area contributed by atoms with Crippen LogP contribution in [0.15, 0.2) is 35.0 Å². The van der Waals surface area contributed by atoms with E-state index in [1.54, 1.807) is 11.3 Å². The number of fused-ring (bicyclic) bond motifs is 1. The van der Waals surface area contributed by atoms with Crippen LogP contribution in [0.5, 0.6) is 0 Å². The quantitative estimate of drug-likeness (QED) is 0.813. The van der Waals surface area contributed by atoms with Crippen LogP contribution in [0.2, 0.25) is 0 Å². The zero-order chi connectivity index (χ0) is 14.2. The molecule has 3 heteroatoms. The first-order valence-corrected chi connectivity index (χ1v) is 8.72. The number of hydrogen-bond donors (Lipinski definition) is 0. The number of hydrogen-bond acceptors (Lipinski definition) is 2. The summed E-state index contributed by atoms with van der Waals surface area (Å²) in [4.78, 5) is 14.9. The maximum absolute atomic E-state index is 12.9. The highest BCUT2D eigenvalue weighted by molar-refractivity contribution is 7.07. The topological polar surface area (TPSA) is 20.3 Å². The molecule has 21 heavy (non-hydrogen) atoms. The number of likely N-dealkylation sites (tertiary alicyclic amines) is 1. The molecule has 2 aromatic rings. The number of amides is 1. The highest BCUT2D eigenvalue weighted by atomic mass is 32.1. The fraction of sp³-hybridized carbons (Fsp3) is 0.389. The smallest absolute Gasteiger partial charge is 0.254 e. The molecule has 1 amide bonds. The third-order valence-electron chi connectivity index (χ3n) is 4.79. The number of rotatable bonds is 2. The first-order chi connectivity index (χ1) is 10.3. The van der Waals surface area contributed by atoms with Crippen molar-refractivity contribution in [2.75, 3.05) is 6.54 Å². The molecule has 1 saturated heterocycles. The Kier molecular flexibility index (Phi) is 3.30. The lowest BCUT2D eigenvalue weighted by Gasteiger charge is -2.24. The zero-order valence-electron chi connectivity index (χ0n) is 12.0. The standard InChI is InChI=1S/C18H19NOS/c20-18(15-7-6-13-3-1-4-14(13)11-15)19-9-2-5-17(19)16-8-10-21-12-16/h6-8,10-12,17H,1-5,9H2/t17-/m0/s1. The summed E-state index contributed by atoms with van der Waals surface area (Å²) in [6.45, 7) is 0.885. The van der Waals surface area contributed by atoms with Gasteiger partial charge < -0.3 is 4.90 Å². The Labute approximate surface area is 129 Å². The van der Waals surface area contributed by atoms with Gasteiger partial charge in [0.05, 0.1) is 6.04 Å². The predicted molar refractivity (Wildman–Crippen MR) is 85.8 cm³/mol. The average molecular weight is 297 g/mol. The van der Waals surface area contributed by atoms with Crippen molar-refractivity contribution in [3.63, 3.8) is 0 Å². The fourth-order valence-electron chi connectivity index (χ4n) is 3.69. The van der Waals surface area contributed by atoms with E-state index in [1.807, 2.05) is 6.07 Å². The van der Waals surface area contributed by atoms with Crippen LogP contribution in [0, 0.1) is 0 Å². The van der Waals surface area contributed by atoms with Crippen molar-refractivity contribution >= 4 is 17.2 Å². The van der Waals surface area contributed by atoms with Gasteiger partial charge in [0.25, 0.3) is 5.91 Å². The summed E-state index contributed by atoms with van der Waals surface area (Å²) in [5.74, 6) is 0.207. The number of nitrogens with zero attached hydrogens (tertiary/aromatic N) is 1. The van der Waals surface area contributed by atoms with Crippen molar-refractivity contribution < 1.29 is 4.79 Å². The van der Waals surface area contributed by atoms with E-state index in [0.717, 1.165) is 31.4 Å². The summed E-state index contributed by atoms with van der Waals surface area (Å²) in [6, 6.07) is 8.75. The summed E-state index contributed by atoms with van der Waals surface area (Å²) < 4.78 is 0. The second kappa shape index (κ2) is 5.30. The van der Waals surface area contributed by atoms with Crippen LogP contribution in [0.4, 0.5) is 0 Å². The van der Waals surface area contributed by atoms with E-state index in [1.165, 1.54) is 29.5 Å². The Morgan fingerprint density at radius 1 is 1.14 bits per heavy atom. The lowest BCUT2D eigenvalue weighted by atomic mass is 10.0. The van der Waals surface area contributed by atoms with E-state index >= 15 is 0 Å². The molecular weight excluding hydrogens is 278 g/mol. The maximum atomic E-state index is 12.9. The van der Waals surface area contributed by atoms with Gasteiger partial charge in [-0.15, -0.1) is 0 Å². The van der Waals surface area contributed by atoms with Gasteiger partial charge in [-0.25, -0.2) is 0 Å². The molecule has 2 nitrogen and oxygen atoms in total. The zero-order valence-corrected chi connectivity index (χ0v) is 12.9. The van der Waals surface area contributed by atoms with Crippen molar-refractivity contribution in [1.29, 1.82) is 0 Å². The van der Waals surface area contributed by atoms with Gasteiger partial charge in [-0.1, -0.05) is 6.07 Å². The van der Waals surface area contributed by atoms with Crippen molar-refractivity contribution in [3.05, 3.63) is 57.3 Å². The molecule has 1 aliphatic carbocycles. The van der Waals surface area contributed by atoms with E-state index in [0.29, 0.717) is 0 Å². The number of carbonyl (C=O) groups excluding carboxylic acids is 1. The number of benzene rings is 1. The Morgan fingerprint density at radius 2 is 2.05 bits per heavy atom. The van der Waals surface area contributed by atoms with E-state index in [-0.39, 0.29) is 11.9 Å². The van der Waals surface area contributed by atoms with E-state index in [2.05, 4.69) is 33.9 Å². The molecule has 0 radical (unpaired) electrons. The Bertz CT molecular complexity index is 662. The summed E-state index contributed by atoms with van der Waals surface area (Å²) >= 11 is 1.71. The molecular formula is C18H19NOS. The molecule has 1 aromatic carbocycles. The van der Waals surface area contributed by atoms with Crippen molar-refractivity contribution in [2.24, 2.45) is 0 Å². The van der Waals surface area contributed by atoms with Crippen LogP contribution < -0.4 is 0 Å². The van der Waals surface area contributed by atoms with Gasteiger partial charge in [-0.2, -0.15) is 11.3 Å². The maximum Gasteiger partial charge on any atom is 0.254 e. The molecule has 108 valence electrons. The van der Waals surface area contributed by atoms with Crippen LogP contribution >= 0.6 is 11.3 Å². The molecule has 1 fully saturated rings. The van der Waals surface area contributed by atoms with Gasteiger partial charge in [0.15, 0.2) is 0 Å². The summed E-state index contributed by atoms with van der Waals surface area (Å²) in [6.07, 6.45) is 5.73. The number of aryl methyl sites for hydroxylation is 2. The van der Waals surface area contributed by atoms with Gasteiger partial charge in [-0.3, -0.25) is 4.79 Å². The van der Waals surface area contributed by atoms with Gasteiger partial charge in [0.1, 0.15) is 0 Å². The highest BCUT2D eigenvalue weighted by Crippen LogP contribution is 2.34. The van der Waals surface area contributed by atoms with Crippen LogP contribution in [-0.4, -0.2) is 17.4 Å². The Morgan fingerprint density at radius 3 is 2.90 bits per heavy atom. The third kappa shape index (κ3) is 2.30. The number of thiophene rings is 1. The second-order valence-electron chi connectivity index (χ2n) is 6.05. The minimum absolute atomic E-state index is 0.207. The SMILES string of the molecule is O=C(c1ccc2c(c1)CCC2)N1CCC[C@H]1c1ccsc1. The number of carbonyl (C=O) groups is 1. The molecule has 0 bridgehead atoms. The lowest BCUT2D eigenvalue weighted by molar-refractivity contribution is 0.0736. The summed E-state index contributed by atoms with van der Waals surface area (Å²) in [7, 11) is 0. The van der Waals surface area contributed by atoms with Crippen molar-refractivity contribution in [2.45, 2.75) is 38.1 Å². The van der Waals surface area contributed by atoms with Gasteiger partial charge in [-0.05, 0) is 77.8 Å². The molecule has 4 rings (SSSR count). The van der Waals surface area contributed by atoms with Gasteiger partial charge in [0.2, 0.25) is 0 Å². The van der Waals surface area contributed by atoms with Crippen LogP contribution in [0.3, 0.4) is 0 Å². The predicted octanol–water partition coefficient (Wildman–Crippen LogP) is 4.21. The molecule has 2 aliphatic rings. The average Bonchev–Trinajstić information content (AvgIpc) is 3.24. The first kappa shape index (κ1) is 13.1. The van der Waals surface area contributed by atoms with Crippen LogP contribution in [0.1, 0.15) is 52.4 Å². The second-order valence-corrected chi connectivity index (χ2v) is 6.83. The molecule has 0 N–H and O–H groups in total. The molecule has 0 unspecified atom stereocenters. The van der Waals surface area contributed by atoms with E-state index in [9.17, 15) is 4.79 Å². The monoisotopic (exact) mass is 297 g/mol. The Hall–Kier alpha value is -1.61. The molecule has 1 aromatic heterocycles. The lowest BCUT2D eigenvalue weighted by Crippen LogP contribution is -2.30. The van der Waals surface area contributed by atoms with Gasteiger partial charge >= 0.3 is 0 Å². The van der Waals surface area contributed by atoms with E-state index < -0.39 is 0 Å². The highest BCUT2D eigenvalue weighted by Gasteiger charge is 2.31. The fourth-order valence-corrected chi connectivity index (χ4v) is 4.40. The first-order valence-electron chi connectivity index (χ1n) is 7.78. The molecule has 0 saturated carbocycles. The van der Waals surface area contributed by atoms with Crippen molar-refractivity contribution in [1.82, 2.24) is 4.90 Å². The van der Waals surface area contributed by atoms with Crippen LogP contribution in [0.25, 0.3) is 0 Å². The van der Waals surface area contributed by atoms with E-state index in [4.69, 9.17) is 0 Å². The normalized spacial score (nSPS) is 20.8. The van der Waals surface area contributed by atoms with Crippen LogP contribution in [-0.2, 0) is 12.8 Å². The minimum atomic E-state index is 0.207. The third-order valence-corrected chi connectivity index (χ3v) is 5.49. The molecule has 2 heterocycles. The summed E-state index contributed by atoms with van der Waals surface area (Å²) in [5.41, 5.74) is 4.99. The largest absolute Gasteiger partial charge is 0.332 e. The summed E-state index contributed by atoms with van der Waals surface area (Å²) in [5, 5.41) is 4.28. The molecule has 1 aliphatic heterocycles. The molecule has 0 spiro atoms. The van der Waals surface area contributed by atoms with Crippen molar-refractivity contribution in [3.8, 4) is 0 Å². The van der Waals surface area contributed by atoms with Gasteiger partial charge in [0, 0.05) is 12.1 Å². The minimum Gasteiger partial charge on any atom is -0.332 e. The molecule has 1 atom stereocenters. The Balaban J connectivity index is 1.62.